The fourth-order valence-electron chi connectivity index (χ4n) is 2.93. The van der Waals surface area contributed by atoms with Gasteiger partial charge < -0.3 is 9.47 Å². The van der Waals surface area contributed by atoms with Crippen LogP contribution in [0.3, 0.4) is 0 Å². The number of ether oxygens (including phenoxy) is 2. The van der Waals surface area contributed by atoms with Crippen LogP contribution in [0.1, 0.15) is 33.6 Å². The van der Waals surface area contributed by atoms with E-state index < -0.39 is 0 Å². The topological polar surface area (TPSA) is 35.5 Å². The second-order valence-corrected chi connectivity index (χ2v) is 5.90. The first-order valence-corrected chi connectivity index (χ1v) is 5.56. The van der Waals surface area contributed by atoms with Gasteiger partial charge in [-0.25, -0.2) is 0 Å². The van der Waals surface area contributed by atoms with Crippen molar-refractivity contribution in [2.24, 2.45) is 16.2 Å². The predicted molar refractivity (Wildman–Crippen MR) is 56.4 cm³/mol. The molecule has 0 spiro atoms. The van der Waals surface area contributed by atoms with E-state index in [0.717, 1.165) is 12.8 Å². The molecule has 0 aromatic carbocycles. The van der Waals surface area contributed by atoms with Crippen LogP contribution in [0.15, 0.2) is 0 Å². The van der Waals surface area contributed by atoms with Crippen LogP contribution >= 0.6 is 0 Å². The van der Waals surface area contributed by atoms with Gasteiger partial charge in [-0.3, -0.25) is 4.79 Å². The van der Waals surface area contributed by atoms with Gasteiger partial charge in [-0.05, 0) is 18.3 Å². The summed E-state index contributed by atoms with van der Waals surface area (Å²) in [5.74, 6) is -0.0410. The highest BCUT2D eigenvalue weighted by molar-refractivity contribution is 5.81. The molecule has 0 aromatic heterocycles. The van der Waals surface area contributed by atoms with Crippen molar-refractivity contribution >= 4 is 5.97 Å². The van der Waals surface area contributed by atoms with Crippen molar-refractivity contribution < 1.29 is 14.3 Å². The third kappa shape index (κ3) is 1.19. The van der Waals surface area contributed by atoms with E-state index in [9.17, 15) is 4.79 Å². The molecular weight excluding hydrogens is 192 g/mol. The Hall–Kier alpha value is -0.570. The van der Waals surface area contributed by atoms with Gasteiger partial charge in [-0.2, -0.15) is 0 Å². The van der Waals surface area contributed by atoms with Crippen LogP contribution in [0.2, 0.25) is 0 Å². The highest BCUT2D eigenvalue weighted by atomic mass is 16.5. The Morgan fingerprint density at radius 2 is 1.80 bits per heavy atom. The van der Waals surface area contributed by atoms with E-state index in [4.69, 9.17) is 9.47 Å². The second-order valence-electron chi connectivity index (χ2n) is 5.90. The summed E-state index contributed by atoms with van der Waals surface area (Å²) >= 11 is 0. The van der Waals surface area contributed by atoms with E-state index >= 15 is 0 Å². The van der Waals surface area contributed by atoms with Crippen LogP contribution in [0.5, 0.6) is 0 Å². The predicted octanol–water partition coefficient (Wildman–Crippen LogP) is 2.00. The molecule has 1 aliphatic carbocycles. The number of carbonyl (C=O) groups excluding carboxylic acids is 1. The molecule has 1 saturated heterocycles. The largest absolute Gasteiger partial charge is 0.469 e. The number of esters is 1. The van der Waals surface area contributed by atoms with Gasteiger partial charge >= 0.3 is 5.97 Å². The summed E-state index contributed by atoms with van der Waals surface area (Å²) in [6, 6.07) is 0. The molecule has 2 rings (SSSR count). The lowest BCUT2D eigenvalue weighted by Gasteiger charge is -2.55. The van der Waals surface area contributed by atoms with E-state index in [2.05, 4.69) is 20.8 Å². The standard InChI is InChI=1S/C12H20O3/c1-10(2,3)12(7-15-8-12)11(5-6-11)9(13)14-4/h5-8H2,1-4H3. The number of hydrogen-bond acceptors (Lipinski definition) is 3. The van der Waals surface area contributed by atoms with Crippen molar-refractivity contribution in [3.8, 4) is 0 Å². The van der Waals surface area contributed by atoms with Gasteiger partial charge in [-0.15, -0.1) is 0 Å². The minimum absolute atomic E-state index is 0.00685. The number of hydrogen-bond donors (Lipinski definition) is 0. The molecule has 1 aliphatic heterocycles. The Morgan fingerprint density at radius 3 is 2.00 bits per heavy atom. The molecule has 1 saturated carbocycles. The van der Waals surface area contributed by atoms with Crippen molar-refractivity contribution in [1.29, 1.82) is 0 Å². The zero-order valence-corrected chi connectivity index (χ0v) is 10.1. The monoisotopic (exact) mass is 212 g/mol. The van der Waals surface area contributed by atoms with Crippen LogP contribution in [0.25, 0.3) is 0 Å². The highest BCUT2D eigenvalue weighted by Crippen LogP contribution is 2.68. The third-order valence-corrected chi connectivity index (χ3v) is 4.37. The zero-order chi connectivity index (χ0) is 11.3. The van der Waals surface area contributed by atoms with E-state index in [0.29, 0.717) is 13.2 Å². The average molecular weight is 212 g/mol. The van der Waals surface area contributed by atoms with E-state index in [1.165, 1.54) is 7.11 Å². The maximum Gasteiger partial charge on any atom is 0.312 e. The molecule has 3 nitrogen and oxygen atoms in total. The molecule has 0 radical (unpaired) electrons. The molecule has 2 aliphatic rings. The summed E-state index contributed by atoms with van der Waals surface area (Å²) in [7, 11) is 1.48. The summed E-state index contributed by atoms with van der Waals surface area (Å²) in [4.78, 5) is 11.9. The summed E-state index contributed by atoms with van der Waals surface area (Å²) in [6.45, 7) is 7.98. The van der Waals surface area contributed by atoms with Crippen LogP contribution in [-0.2, 0) is 14.3 Å². The molecule has 86 valence electrons. The van der Waals surface area contributed by atoms with Gasteiger partial charge in [0.15, 0.2) is 0 Å². The van der Waals surface area contributed by atoms with Gasteiger partial charge in [0.1, 0.15) is 0 Å². The number of carbonyl (C=O) groups is 1. The van der Waals surface area contributed by atoms with Gasteiger partial charge in [0.25, 0.3) is 0 Å². The van der Waals surface area contributed by atoms with Crippen LogP contribution in [-0.4, -0.2) is 26.3 Å². The Bertz CT molecular complexity index is 280. The quantitative estimate of drug-likeness (QED) is 0.657. The first-order valence-electron chi connectivity index (χ1n) is 5.56. The lowest BCUT2D eigenvalue weighted by Crippen LogP contribution is -2.60. The van der Waals surface area contributed by atoms with Gasteiger partial charge in [-0.1, -0.05) is 20.8 Å². The second kappa shape index (κ2) is 2.97. The molecule has 0 aromatic rings. The smallest absolute Gasteiger partial charge is 0.312 e. The van der Waals surface area contributed by atoms with Gasteiger partial charge in [0.2, 0.25) is 0 Å². The fourth-order valence-corrected chi connectivity index (χ4v) is 2.93. The zero-order valence-electron chi connectivity index (χ0n) is 10.1. The van der Waals surface area contributed by atoms with Gasteiger partial charge in [0, 0.05) is 5.41 Å². The molecule has 0 bridgehead atoms. The number of rotatable bonds is 2. The molecule has 15 heavy (non-hydrogen) atoms. The minimum atomic E-state index is -0.252. The normalized spacial score (nSPS) is 26.7. The van der Waals surface area contributed by atoms with Crippen LogP contribution in [0.4, 0.5) is 0 Å². The molecule has 3 heteroatoms. The van der Waals surface area contributed by atoms with Crippen LogP contribution in [0, 0.1) is 16.2 Å². The molecule has 2 fully saturated rings. The molecule has 0 unspecified atom stereocenters. The highest BCUT2D eigenvalue weighted by Gasteiger charge is 2.71. The summed E-state index contributed by atoms with van der Waals surface area (Å²) < 4.78 is 10.3. The average Bonchev–Trinajstić information content (AvgIpc) is 2.79. The van der Waals surface area contributed by atoms with Crippen LogP contribution < -0.4 is 0 Å². The first-order chi connectivity index (χ1) is 6.90. The lowest BCUT2D eigenvalue weighted by molar-refractivity contribution is -0.220. The third-order valence-electron chi connectivity index (χ3n) is 4.37. The van der Waals surface area contributed by atoms with Crippen molar-refractivity contribution in [2.45, 2.75) is 33.6 Å². The minimum Gasteiger partial charge on any atom is -0.469 e. The van der Waals surface area contributed by atoms with E-state index in [1.54, 1.807) is 0 Å². The molecule has 1 heterocycles. The van der Waals surface area contributed by atoms with Crippen molar-refractivity contribution in [1.82, 2.24) is 0 Å². The Labute approximate surface area is 91.1 Å². The van der Waals surface area contributed by atoms with E-state index in [-0.39, 0.29) is 22.2 Å². The lowest BCUT2D eigenvalue weighted by atomic mass is 9.56. The molecular formula is C12H20O3. The van der Waals surface area contributed by atoms with Gasteiger partial charge in [0.05, 0.1) is 25.7 Å². The van der Waals surface area contributed by atoms with Crippen molar-refractivity contribution in [2.75, 3.05) is 20.3 Å². The molecule has 0 N–H and O–H groups in total. The maximum atomic E-state index is 11.9. The maximum absolute atomic E-state index is 11.9. The Balaban J connectivity index is 2.32. The number of methoxy groups -OCH3 is 1. The first kappa shape index (κ1) is 10.9. The Kier molecular flexibility index (Phi) is 2.16. The van der Waals surface area contributed by atoms with Crippen molar-refractivity contribution in [3.05, 3.63) is 0 Å². The molecule has 0 amide bonds. The van der Waals surface area contributed by atoms with E-state index in [1.807, 2.05) is 0 Å². The van der Waals surface area contributed by atoms with Crippen molar-refractivity contribution in [3.63, 3.8) is 0 Å². The molecule has 0 atom stereocenters. The summed E-state index contributed by atoms with van der Waals surface area (Å²) in [5, 5.41) is 0. The summed E-state index contributed by atoms with van der Waals surface area (Å²) in [5.41, 5.74) is -0.165. The fraction of sp³-hybridized carbons (Fsp3) is 0.917. The Morgan fingerprint density at radius 1 is 1.27 bits per heavy atom. The SMILES string of the molecule is COC(=O)C1(C2(C(C)(C)C)COC2)CC1. The summed E-state index contributed by atoms with van der Waals surface area (Å²) in [6.07, 6.45) is 1.92.